The van der Waals surface area contributed by atoms with Crippen molar-refractivity contribution in [3.63, 3.8) is 0 Å². The molecule has 2 aliphatic rings. The second-order valence-corrected chi connectivity index (χ2v) is 9.53. The van der Waals surface area contributed by atoms with Gasteiger partial charge in [0.25, 0.3) is 0 Å². The molecule has 0 bridgehead atoms. The Labute approximate surface area is 220 Å². The average molecular weight is 512 g/mol. The Morgan fingerprint density at radius 2 is 1.92 bits per heavy atom. The topological polar surface area (TPSA) is 100 Å². The molecule has 38 heavy (non-hydrogen) atoms. The number of nitrogens with one attached hydrogen (secondary N) is 1. The van der Waals surface area contributed by atoms with Crippen molar-refractivity contribution in [2.24, 2.45) is 5.92 Å². The summed E-state index contributed by atoms with van der Waals surface area (Å²) >= 11 is 0. The van der Waals surface area contributed by atoms with E-state index < -0.39 is 0 Å². The van der Waals surface area contributed by atoms with Crippen LogP contribution in [-0.4, -0.2) is 52.5 Å². The highest BCUT2D eigenvalue weighted by molar-refractivity contribution is 5.86. The zero-order chi connectivity index (χ0) is 26.1. The first-order valence-corrected chi connectivity index (χ1v) is 12.8. The highest BCUT2D eigenvalue weighted by Crippen LogP contribution is 2.58. The molecular formula is C29H29N5O4. The summed E-state index contributed by atoms with van der Waals surface area (Å²) in [5.41, 5.74) is 3.93. The minimum absolute atomic E-state index is 0.00726. The molecular weight excluding hydrogens is 482 g/mol. The Morgan fingerprint density at radius 1 is 1.11 bits per heavy atom. The second kappa shape index (κ2) is 10.3. The lowest BCUT2D eigenvalue weighted by Gasteiger charge is -2.19. The molecule has 1 amide bonds. The maximum atomic E-state index is 13.3. The van der Waals surface area contributed by atoms with Crippen LogP contribution in [0.15, 0.2) is 72.8 Å². The number of fused-ring (bicyclic) bond motifs is 3. The highest BCUT2D eigenvalue weighted by atomic mass is 16.5. The molecule has 194 valence electrons. The maximum Gasteiger partial charge on any atom is 0.228 e. The Morgan fingerprint density at radius 3 is 2.68 bits per heavy atom. The summed E-state index contributed by atoms with van der Waals surface area (Å²) in [6, 6.07) is 23.4. The molecule has 1 saturated carbocycles. The zero-order valence-electron chi connectivity index (χ0n) is 21.3. The van der Waals surface area contributed by atoms with Gasteiger partial charge in [-0.3, -0.25) is 4.79 Å². The molecule has 1 fully saturated rings. The average Bonchev–Trinajstić information content (AvgIpc) is 3.25. The number of tetrazole rings is 1. The predicted octanol–water partition coefficient (Wildman–Crippen LogP) is 3.77. The molecule has 9 nitrogen and oxygen atoms in total. The summed E-state index contributed by atoms with van der Waals surface area (Å²) in [4.78, 5) is 14.9. The van der Waals surface area contributed by atoms with E-state index >= 15 is 0 Å². The van der Waals surface area contributed by atoms with Gasteiger partial charge in [0.15, 0.2) is 0 Å². The van der Waals surface area contributed by atoms with E-state index in [-0.39, 0.29) is 29.9 Å². The molecule has 3 unspecified atom stereocenters. The summed E-state index contributed by atoms with van der Waals surface area (Å²) in [5.74, 6) is 1.87. The number of nitrogens with zero attached hydrogens (tertiary/aromatic N) is 4. The number of hydrogen-bond donors (Lipinski definition) is 1. The van der Waals surface area contributed by atoms with Crippen LogP contribution in [0.5, 0.6) is 11.5 Å². The quantitative estimate of drug-likeness (QED) is 0.346. The third-order valence-corrected chi connectivity index (χ3v) is 7.01. The number of benzene rings is 3. The lowest BCUT2D eigenvalue weighted by Crippen LogP contribution is -2.34. The molecule has 1 aliphatic heterocycles. The molecule has 4 atom stereocenters. The van der Waals surface area contributed by atoms with Gasteiger partial charge in [-0.05, 0) is 53.6 Å². The van der Waals surface area contributed by atoms with E-state index in [0.717, 1.165) is 33.8 Å². The van der Waals surface area contributed by atoms with Gasteiger partial charge in [0.1, 0.15) is 17.6 Å². The summed E-state index contributed by atoms with van der Waals surface area (Å²) in [7, 11) is 1.63. The molecule has 1 N–H and O–H groups in total. The second-order valence-electron chi connectivity index (χ2n) is 9.53. The Hall–Kier alpha value is -4.24. The molecule has 0 saturated heterocycles. The van der Waals surface area contributed by atoms with E-state index in [4.69, 9.17) is 14.2 Å². The molecule has 6 rings (SSSR count). The maximum absolute atomic E-state index is 13.3. The van der Waals surface area contributed by atoms with Crippen LogP contribution >= 0.6 is 0 Å². The first-order valence-electron chi connectivity index (χ1n) is 12.8. The fourth-order valence-electron chi connectivity index (χ4n) is 5.11. The Bertz CT molecular complexity index is 1420. The van der Waals surface area contributed by atoms with Gasteiger partial charge in [-0.15, -0.1) is 10.2 Å². The first-order chi connectivity index (χ1) is 18.6. The zero-order valence-corrected chi connectivity index (χ0v) is 21.3. The first kappa shape index (κ1) is 24.1. The molecule has 2 heterocycles. The molecule has 4 aromatic rings. The normalized spacial score (nSPS) is 19.7. The van der Waals surface area contributed by atoms with Gasteiger partial charge in [-0.25, -0.2) is 0 Å². The van der Waals surface area contributed by atoms with Crippen LogP contribution < -0.4 is 14.8 Å². The van der Waals surface area contributed by atoms with E-state index in [1.807, 2.05) is 79.7 Å². The largest absolute Gasteiger partial charge is 0.494 e. The van der Waals surface area contributed by atoms with Gasteiger partial charge in [-0.2, -0.15) is 4.80 Å². The summed E-state index contributed by atoms with van der Waals surface area (Å²) in [6.45, 7) is 3.47. The van der Waals surface area contributed by atoms with Gasteiger partial charge < -0.3 is 19.5 Å². The number of amides is 1. The van der Waals surface area contributed by atoms with Gasteiger partial charge in [-0.1, -0.05) is 42.5 Å². The number of aromatic nitrogens is 4. The summed E-state index contributed by atoms with van der Waals surface area (Å²) in [5, 5.41) is 16.2. The van der Waals surface area contributed by atoms with Gasteiger partial charge >= 0.3 is 0 Å². The number of carbonyl (C=O) groups is 1. The minimum Gasteiger partial charge on any atom is -0.494 e. The van der Waals surface area contributed by atoms with Crippen molar-refractivity contribution in [3.05, 3.63) is 89.5 Å². The Balaban J connectivity index is 1.14. The highest BCUT2D eigenvalue weighted by Gasteiger charge is 2.62. The van der Waals surface area contributed by atoms with Gasteiger partial charge in [0.05, 0.1) is 31.7 Å². The van der Waals surface area contributed by atoms with E-state index in [1.54, 1.807) is 11.9 Å². The third kappa shape index (κ3) is 4.72. The van der Waals surface area contributed by atoms with Crippen molar-refractivity contribution >= 4 is 5.91 Å². The minimum atomic E-state index is -0.265. The van der Waals surface area contributed by atoms with Crippen LogP contribution in [0.3, 0.4) is 0 Å². The van der Waals surface area contributed by atoms with E-state index in [2.05, 4.69) is 20.7 Å². The van der Waals surface area contributed by atoms with Gasteiger partial charge in [0, 0.05) is 24.2 Å². The smallest absolute Gasteiger partial charge is 0.228 e. The van der Waals surface area contributed by atoms with Crippen molar-refractivity contribution < 1.29 is 19.0 Å². The number of ether oxygens (including phenoxy) is 3. The van der Waals surface area contributed by atoms with Crippen molar-refractivity contribution in [1.29, 1.82) is 0 Å². The van der Waals surface area contributed by atoms with Crippen LogP contribution in [0.2, 0.25) is 0 Å². The fourth-order valence-corrected chi connectivity index (χ4v) is 5.11. The van der Waals surface area contributed by atoms with Crippen molar-refractivity contribution in [1.82, 2.24) is 25.5 Å². The number of rotatable bonds is 10. The van der Waals surface area contributed by atoms with E-state index in [0.29, 0.717) is 25.6 Å². The van der Waals surface area contributed by atoms with Crippen molar-refractivity contribution in [2.75, 3.05) is 20.3 Å². The van der Waals surface area contributed by atoms with E-state index in [1.165, 1.54) is 0 Å². The molecule has 9 heteroatoms. The summed E-state index contributed by atoms with van der Waals surface area (Å²) < 4.78 is 17.0. The molecule has 1 aromatic heterocycles. The fraction of sp³-hybridized carbons (Fsp3) is 0.310. The van der Waals surface area contributed by atoms with E-state index in [9.17, 15) is 4.79 Å². The van der Waals surface area contributed by atoms with Crippen molar-refractivity contribution in [2.45, 2.75) is 31.5 Å². The lowest BCUT2D eigenvalue weighted by atomic mass is 10.0. The molecule has 3 aromatic carbocycles. The SMILES string of the molecule is CCOc1ccc([C@H](COC)NC(=O)C2C3Oc4ccc(-c5nnn(Cc6ccccc6)n5)cc4C32)cc1. The standard InChI is InChI=1S/C29H29N5O4/c1-3-37-21-12-9-19(10-13-21)23(17-36-2)30-29(35)26-25-22-15-20(11-14-24(22)38-27(25)26)28-31-33-34(32-28)16-18-7-5-4-6-8-18/h4-15,23,25-27H,3,16-17H2,1-2H3,(H,30,35)/t23-,25?,26?,27?/m0/s1. The van der Waals surface area contributed by atoms with Gasteiger partial charge in [0.2, 0.25) is 11.7 Å². The van der Waals surface area contributed by atoms with Crippen LogP contribution in [0.4, 0.5) is 0 Å². The summed E-state index contributed by atoms with van der Waals surface area (Å²) in [6.07, 6.45) is -0.162. The number of hydrogen-bond acceptors (Lipinski definition) is 7. The Kier molecular flexibility index (Phi) is 6.51. The lowest BCUT2D eigenvalue weighted by molar-refractivity contribution is -0.124. The van der Waals surface area contributed by atoms with Crippen LogP contribution in [0.25, 0.3) is 11.4 Å². The van der Waals surface area contributed by atoms with Crippen molar-refractivity contribution in [3.8, 4) is 22.9 Å². The predicted molar refractivity (Wildman–Crippen MR) is 140 cm³/mol. The van der Waals surface area contributed by atoms with Crippen LogP contribution in [-0.2, 0) is 16.1 Å². The monoisotopic (exact) mass is 511 g/mol. The molecule has 1 aliphatic carbocycles. The number of methoxy groups -OCH3 is 1. The van der Waals surface area contributed by atoms with Crippen LogP contribution in [0, 0.1) is 5.92 Å². The molecule has 0 radical (unpaired) electrons. The van der Waals surface area contributed by atoms with Crippen LogP contribution in [0.1, 0.15) is 35.6 Å². The molecule has 0 spiro atoms. The number of carbonyl (C=O) groups excluding carboxylic acids is 1. The third-order valence-electron chi connectivity index (χ3n) is 7.01.